The minimum atomic E-state index is -0.502. The number of esters is 1. The van der Waals surface area contributed by atoms with Gasteiger partial charge in [-0.1, -0.05) is 13.8 Å². The summed E-state index contributed by atoms with van der Waals surface area (Å²) < 4.78 is 15.8. The van der Waals surface area contributed by atoms with Gasteiger partial charge in [-0.05, 0) is 27.7 Å². The maximum absolute atomic E-state index is 11.6. The van der Waals surface area contributed by atoms with Crippen molar-refractivity contribution < 1.29 is 23.8 Å². The summed E-state index contributed by atoms with van der Waals surface area (Å²) in [5.74, 6) is -0.318. The van der Waals surface area contributed by atoms with Gasteiger partial charge >= 0.3 is 5.97 Å². The predicted molar refractivity (Wildman–Crippen MR) is 71.7 cm³/mol. The molecular weight excluding hydrogens is 248 g/mol. The quantitative estimate of drug-likeness (QED) is 0.584. The Bertz CT molecular complexity index is 282. The van der Waals surface area contributed by atoms with Gasteiger partial charge in [0.1, 0.15) is 18.0 Å². The smallest absolute Gasteiger partial charge is 0.308 e. The second kappa shape index (κ2) is 8.27. The number of aldehydes is 1. The first-order valence-electron chi connectivity index (χ1n) is 6.78. The van der Waals surface area contributed by atoms with Crippen LogP contribution in [0.2, 0.25) is 0 Å². The highest BCUT2D eigenvalue weighted by molar-refractivity contribution is 5.70. The molecule has 1 aliphatic rings. The maximum atomic E-state index is 11.6. The van der Waals surface area contributed by atoms with Crippen LogP contribution < -0.4 is 0 Å². The molecule has 0 bridgehead atoms. The Morgan fingerprint density at radius 3 is 2.37 bits per heavy atom. The molecule has 0 amide bonds. The number of rotatable bonds is 3. The third kappa shape index (κ3) is 7.95. The van der Waals surface area contributed by atoms with Crippen molar-refractivity contribution in [3.8, 4) is 0 Å². The van der Waals surface area contributed by atoms with E-state index in [9.17, 15) is 9.59 Å². The molecule has 19 heavy (non-hydrogen) atoms. The van der Waals surface area contributed by atoms with Gasteiger partial charge in [-0.3, -0.25) is 4.79 Å². The summed E-state index contributed by atoms with van der Waals surface area (Å²) in [6.45, 7) is 11.1. The van der Waals surface area contributed by atoms with E-state index in [1.54, 1.807) is 6.92 Å². The summed E-state index contributed by atoms with van der Waals surface area (Å²) in [6.07, 6.45) is 0.00475. The summed E-state index contributed by atoms with van der Waals surface area (Å²) in [5, 5.41) is 0. The van der Waals surface area contributed by atoms with Crippen LogP contribution in [0.5, 0.6) is 0 Å². The van der Waals surface area contributed by atoms with E-state index in [-0.39, 0.29) is 18.5 Å². The Morgan fingerprint density at radius 2 is 1.89 bits per heavy atom. The first-order valence-corrected chi connectivity index (χ1v) is 6.78. The van der Waals surface area contributed by atoms with Crippen molar-refractivity contribution in [1.29, 1.82) is 0 Å². The van der Waals surface area contributed by atoms with Gasteiger partial charge in [-0.2, -0.15) is 0 Å². The van der Waals surface area contributed by atoms with Gasteiger partial charge in [-0.15, -0.1) is 0 Å². The van der Waals surface area contributed by atoms with Crippen molar-refractivity contribution in [2.75, 3.05) is 0 Å². The molecule has 0 N–H and O–H groups in total. The molecule has 1 rings (SSSR count). The largest absolute Gasteiger partial charge is 0.460 e. The fourth-order valence-electron chi connectivity index (χ4n) is 1.71. The normalized spacial score (nSPS) is 26.9. The summed E-state index contributed by atoms with van der Waals surface area (Å²) in [4.78, 5) is 22.3. The van der Waals surface area contributed by atoms with E-state index in [4.69, 9.17) is 14.2 Å². The van der Waals surface area contributed by atoms with Crippen molar-refractivity contribution >= 4 is 12.3 Å². The zero-order valence-corrected chi connectivity index (χ0v) is 12.8. The molecule has 0 aromatic carbocycles. The van der Waals surface area contributed by atoms with Crippen molar-refractivity contribution in [2.45, 2.75) is 78.5 Å². The van der Waals surface area contributed by atoms with Gasteiger partial charge in [-0.25, -0.2) is 0 Å². The third-order valence-electron chi connectivity index (χ3n) is 2.21. The van der Waals surface area contributed by atoms with E-state index in [0.29, 0.717) is 6.42 Å². The molecule has 1 fully saturated rings. The van der Waals surface area contributed by atoms with Gasteiger partial charge in [0.25, 0.3) is 0 Å². The highest BCUT2D eigenvalue weighted by Crippen LogP contribution is 2.21. The first-order chi connectivity index (χ1) is 8.80. The van der Waals surface area contributed by atoms with Crippen LogP contribution in [0.3, 0.4) is 0 Å². The van der Waals surface area contributed by atoms with E-state index >= 15 is 0 Å². The summed E-state index contributed by atoms with van der Waals surface area (Å²) >= 11 is 0. The van der Waals surface area contributed by atoms with Crippen LogP contribution in [-0.4, -0.2) is 36.4 Å². The lowest BCUT2D eigenvalue weighted by Crippen LogP contribution is -2.39. The Labute approximate surface area is 115 Å². The number of carbonyl (C=O) groups excluding carboxylic acids is 2. The molecule has 0 aromatic rings. The van der Waals surface area contributed by atoms with Crippen LogP contribution in [0, 0.1) is 0 Å². The summed E-state index contributed by atoms with van der Waals surface area (Å²) in [6, 6.07) is 0. The lowest BCUT2D eigenvalue weighted by atomic mass is 10.1. The number of carbonyl (C=O) groups is 2. The summed E-state index contributed by atoms with van der Waals surface area (Å²) in [7, 11) is 0. The Kier molecular flexibility index (Phi) is 7.87. The fourth-order valence-corrected chi connectivity index (χ4v) is 1.71. The average molecular weight is 274 g/mol. The number of ether oxygens (including phenoxy) is 3. The van der Waals surface area contributed by atoms with Crippen LogP contribution in [0.25, 0.3) is 0 Å². The molecule has 0 radical (unpaired) electrons. The Hall–Kier alpha value is -0.940. The van der Waals surface area contributed by atoms with Crippen molar-refractivity contribution in [2.24, 2.45) is 0 Å². The van der Waals surface area contributed by atoms with Crippen LogP contribution in [0.15, 0.2) is 0 Å². The zero-order valence-electron chi connectivity index (χ0n) is 12.8. The van der Waals surface area contributed by atoms with Gasteiger partial charge in [0, 0.05) is 6.42 Å². The average Bonchev–Trinajstić information content (AvgIpc) is 2.28. The number of hydrogen-bond donors (Lipinski definition) is 0. The molecule has 3 atom stereocenters. The second-order valence-electron chi connectivity index (χ2n) is 5.16. The van der Waals surface area contributed by atoms with Crippen LogP contribution >= 0.6 is 0 Å². The Balaban J connectivity index is 0.00000154. The van der Waals surface area contributed by atoms with Crippen molar-refractivity contribution in [1.82, 2.24) is 0 Å². The molecule has 112 valence electrons. The highest BCUT2D eigenvalue weighted by atomic mass is 16.7. The molecular formula is C14H26O5. The third-order valence-corrected chi connectivity index (χ3v) is 2.21. The molecule has 0 aliphatic carbocycles. The monoisotopic (exact) mass is 274 g/mol. The molecule has 1 heterocycles. The van der Waals surface area contributed by atoms with E-state index in [0.717, 1.165) is 6.29 Å². The first kappa shape index (κ1) is 18.1. The molecule has 0 saturated carbocycles. The van der Waals surface area contributed by atoms with E-state index in [1.807, 2.05) is 34.6 Å². The fraction of sp³-hybridized carbons (Fsp3) is 0.857. The lowest BCUT2D eigenvalue weighted by molar-refractivity contribution is -0.229. The van der Waals surface area contributed by atoms with Crippen LogP contribution in [0.4, 0.5) is 0 Å². The zero-order chi connectivity index (χ0) is 15.1. The number of hydrogen-bond acceptors (Lipinski definition) is 5. The Morgan fingerprint density at radius 1 is 1.32 bits per heavy atom. The minimum absolute atomic E-state index is 0.148. The van der Waals surface area contributed by atoms with Gasteiger partial charge in [0.05, 0.1) is 12.5 Å². The standard InChI is InChI=1S/C12H20O5.C2H6/c1-8-15-9(5-10(7-13)16-8)6-11(14)17-12(2,3)4;1-2/h7-10H,5-6H2,1-4H3;1-2H3/t8?,9-,10+;/m1./s1. The molecule has 1 saturated heterocycles. The highest BCUT2D eigenvalue weighted by Gasteiger charge is 2.30. The molecule has 5 heteroatoms. The molecule has 0 spiro atoms. The van der Waals surface area contributed by atoms with Crippen molar-refractivity contribution in [3.05, 3.63) is 0 Å². The van der Waals surface area contributed by atoms with E-state index in [1.165, 1.54) is 0 Å². The van der Waals surface area contributed by atoms with Crippen LogP contribution in [0.1, 0.15) is 54.4 Å². The topological polar surface area (TPSA) is 61.8 Å². The lowest BCUT2D eigenvalue weighted by Gasteiger charge is -2.31. The predicted octanol–water partition coefficient (Wildman–Crippen LogP) is 2.46. The molecule has 0 aromatic heterocycles. The van der Waals surface area contributed by atoms with Gasteiger partial charge in [0.15, 0.2) is 6.29 Å². The van der Waals surface area contributed by atoms with E-state index < -0.39 is 18.0 Å². The van der Waals surface area contributed by atoms with Gasteiger partial charge < -0.3 is 19.0 Å². The second-order valence-corrected chi connectivity index (χ2v) is 5.16. The van der Waals surface area contributed by atoms with Crippen LogP contribution in [-0.2, 0) is 23.8 Å². The molecule has 5 nitrogen and oxygen atoms in total. The van der Waals surface area contributed by atoms with E-state index in [2.05, 4.69) is 0 Å². The van der Waals surface area contributed by atoms with Crippen molar-refractivity contribution in [3.63, 3.8) is 0 Å². The summed E-state index contributed by atoms with van der Waals surface area (Å²) in [5.41, 5.74) is -0.502. The van der Waals surface area contributed by atoms with Gasteiger partial charge in [0.2, 0.25) is 0 Å². The SMILES string of the molecule is CC.CC1O[C@@H](CC(=O)OC(C)(C)C)C[C@@H](C=O)O1. The molecule has 1 aliphatic heterocycles. The molecule has 1 unspecified atom stereocenters. The minimum Gasteiger partial charge on any atom is -0.460 e. The maximum Gasteiger partial charge on any atom is 0.308 e.